The number of aryl methyl sites for hydroxylation is 1. The molecular weight excluding hydrogens is 248 g/mol. The first-order valence-corrected chi connectivity index (χ1v) is 6.53. The number of fused-ring (bicyclic) bond motifs is 1. The number of aliphatic carboxylic acids is 1. The smallest absolute Gasteiger partial charge is 0.313 e. The van der Waals surface area contributed by atoms with E-state index in [2.05, 4.69) is 11.6 Å². The second-order valence-electron chi connectivity index (χ2n) is 3.92. The zero-order valence-corrected chi connectivity index (χ0v) is 10.9. The number of benzene rings is 1. The van der Waals surface area contributed by atoms with Crippen LogP contribution in [0.25, 0.3) is 11.0 Å². The number of imidazole rings is 1. The van der Waals surface area contributed by atoms with Crippen molar-refractivity contribution in [2.24, 2.45) is 0 Å². The van der Waals surface area contributed by atoms with Gasteiger partial charge in [-0.2, -0.15) is 0 Å². The van der Waals surface area contributed by atoms with Crippen molar-refractivity contribution in [3.8, 4) is 0 Å². The monoisotopic (exact) mass is 262 g/mol. The van der Waals surface area contributed by atoms with Gasteiger partial charge in [0, 0.05) is 6.54 Å². The van der Waals surface area contributed by atoms with Gasteiger partial charge in [0.2, 0.25) is 0 Å². The number of nitrogens with zero attached hydrogens (tertiary/aromatic N) is 2. The minimum absolute atomic E-state index is 0.0134. The molecule has 0 spiro atoms. The zero-order valence-electron chi connectivity index (χ0n) is 10.1. The van der Waals surface area contributed by atoms with Gasteiger partial charge in [-0.1, -0.05) is 30.0 Å². The Morgan fingerprint density at radius 3 is 3.06 bits per heavy atom. The van der Waals surface area contributed by atoms with Crippen molar-refractivity contribution < 1.29 is 9.90 Å². The van der Waals surface area contributed by atoms with E-state index in [9.17, 15) is 4.79 Å². The van der Waals surface area contributed by atoms with Crippen molar-refractivity contribution in [3.05, 3.63) is 36.4 Å². The van der Waals surface area contributed by atoms with E-state index in [0.717, 1.165) is 21.8 Å². The number of hydrogen-bond donors (Lipinski definition) is 1. The van der Waals surface area contributed by atoms with Crippen molar-refractivity contribution in [3.63, 3.8) is 0 Å². The molecule has 5 heteroatoms. The summed E-state index contributed by atoms with van der Waals surface area (Å²) in [6, 6.07) is 5.97. The van der Waals surface area contributed by atoms with Gasteiger partial charge in [-0.05, 0) is 18.6 Å². The van der Waals surface area contributed by atoms with E-state index in [1.54, 1.807) is 6.08 Å². The number of carbonyl (C=O) groups is 1. The highest BCUT2D eigenvalue weighted by Crippen LogP contribution is 2.25. The fourth-order valence-corrected chi connectivity index (χ4v) is 2.54. The summed E-state index contributed by atoms with van der Waals surface area (Å²) >= 11 is 1.23. The fraction of sp³-hybridized carbons (Fsp3) is 0.231. The van der Waals surface area contributed by atoms with Gasteiger partial charge in [0.15, 0.2) is 5.16 Å². The van der Waals surface area contributed by atoms with Crippen LogP contribution in [0.4, 0.5) is 0 Å². The number of rotatable bonds is 5. The quantitative estimate of drug-likeness (QED) is 0.665. The molecule has 2 aromatic rings. The minimum Gasteiger partial charge on any atom is -0.481 e. The van der Waals surface area contributed by atoms with Gasteiger partial charge in [-0.3, -0.25) is 4.79 Å². The lowest BCUT2D eigenvalue weighted by Crippen LogP contribution is -2.02. The van der Waals surface area contributed by atoms with E-state index in [1.165, 1.54) is 11.8 Å². The molecule has 0 radical (unpaired) electrons. The second-order valence-corrected chi connectivity index (χ2v) is 4.86. The molecule has 0 amide bonds. The van der Waals surface area contributed by atoms with E-state index in [4.69, 9.17) is 5.11 Å². The average Bonchev–Trinajstić information content (AvgIpc) is 2.67. The summed E-state index contributed by atoms with van der Waals surface area (Å²) in [5.41, 5.74) is 3.03. The van der Waals surface area contributed by atoms with Gasteiger partial charge in [0.25, 0.3) is 0 Å². The second kappa shape index (κ2) is 5.27. The van der Waals surface area contributed by atoms with Crippen LogP contribution in [-0.4, -0.2) is 26.4 Å². The van der Waals surface area contributed by atoms with Crippen molar-refractivity contribution in [2.45, 2.75) is 18.6 Å². The summed E-state index contributed by atoms with van der Waals surface area (Å²) < 4.78 is 1.99. The first kappa shape index (κ1) is 12.7. The molecule has 1 aromatic heterocycles. The number of para-hydroxylation sites is 1. The lowest BCUT2D eigenvalue weighted by molar-refractivity contribution is -0.133. The summed E-state index contributed by atoms with van der Waals surface area (Å²) in [6.45, 7) is 6.35. The Balaban J connectivity index is 2.50. The Labute approximate surface area is 109 Å². The van der Waals surface area contributed by atoms with Gasteiger partial charge < -0.3 is 9.67 Å². The molecule has 0 saturated heterocycles. The van der Waals surface area contributed by atoms with Crippen molar-refractivity contribution >= 4 is 28.8 Å². The number of allylic oxidation sites excluding steroid dienone is 1. The number of carboxylic acid groups (broad SMARTS) is 1. The maximum atomic E-state index is 10.6. The van der Waals surface area contributed by atoms with E-state index in [1.807, 2.05) is 29.7 Å². The lowest BCUT2D eigenvalue weighted by atomic mass is 10.2. The topological polar surface area (TPSA) is 55.1 Å². The van der Waals surface area contributed by atoms with E-state index < -0.39 is 5.97 Å². The average molecular weight is 262 g/mol. The molecule has 0 fully saturated rings. The van der Waals surface area contributed by atoms with Crippen LogP contribution in [0.15, 0.2) is 36.0 Å². The summed E-state index contributed by atoms with van der Waals surface area (Å²) in [5.74, 6) is -0.826. The Hall–Kier alpha value is -1.75. The third-order valence-corrected chi connectivity index (χ3v) is 3.54. The Morgan fingerprint density at radius 2 is 2.39 bits per heavy atom. The van der Waals surface area contributed by atoms with Crippen molar-refractivity contribution in [1.29, 1.82) is 0 Å². The predicted molar refractivity (Wildman–Crippen MR) is 73.0 cm³/mol. The van der Waals surface area contributed by atoms with Crippen LogP contribution in [-0.2, 0) is 11.3 Å². The summed E-state index contributed by atoms with van der Waals surface area (Å²) in [7, 11) is 0. The standard InChI is InChI=1S/C13H14N2O2S/c1-3-7-15-10-6-4-5-9(2)12(10)14-13(15)18-8-11(16)17/h3-6H,1,7-8H2,2H3,(H,16,17). The Morgan fingerprint density at radius 1 is 1.61 bits per heavy atom. The number of hydrogen-bond acceptors (Lipinski definition) is 3. The molecule has 2 rings (SSSR count). The molecule has 0 aliphatic heterocycles. The third-order valence-electron chi connectivity index (χ3n) is 2.58. The van der Waals surface area contributed by atoms with Crippen LogP contribution >= 0.6 is 11.8 Å². The molecule has 0 bridgehead atoms. The Kier molecular flexibility index (Phi) is 3.72. The largest absolute Gasteiger partial charge is 0.481 e. The van der Waals surface area contributed by atoms with E-state index in [0.29, 0.717) is 6.54 Å². The molecule has 0 unspecified atom stereocenters. The first-order valence-electron chi connectivity index (χ1n) is 5.55. The van der Waals surface area contributed by atoms with Crippen LogP contribution in [0.3, 0.4) is 0 Å². The molecule has 0 aliphatic carbocycles. The van der Waals surface area contributed by atoms with Gasteiger partial charge in [0.1, 0.15) is 0 Å². The van der Waals surface area contributed by atoms with Crippen LogP contribution < -0.4 is 0 Å². The third kappa shape index (κ3) is 2.41. The lowest BCUT2D eigenvalue weighted by Gasteiger charge is -2.04. The predicted octanol–water partition coefficient (Wildman–Crippen LogP) is 2.71. The molecule has 1 N–H and O–H groups in total. The molecule has 1 aromatic carbocycles. The van der Waals surface area contributed by atoms with E-state index in [-0.39, 0.29) is 5.75 Å². The normalized spacial score (nSPS) is 10.7. The molecule has 0 atom stereocenters. The summed E-state index contributed by atoms with van der Waals surface area (Å²) in [4.78, 5) is 15.2. The maximum absolute atomic E-state index is 10.6. The van der Waals surface area contributed by atoms with Crippen molar-refractivity contribution in [2.75, 3.05) is 5.75 Å². The van der Waals surface area contributed by atoms with Gasteiger partial charge in [0.05, 0.1) is 16.8 Å². The summed E-state index contributed by atoms with van der Waals surface area (Å²) in [5, 5.41) is 9.47. The highest BCUT2D eigenvalue weighted by Gasteiger charge is 2.12. The van der Waals surface area contributed by atoms with Gasteiger partial charge in [-0.15, -0.1) is 6.58 Å². The maximum Gasteiger partial charge on any atom is 0.313 e. The number of thioether (sulfide) groups is 1. The molecule has 0 saturated carbocycles. The molecule has 18 heavy (non-hydrogen) atoms. The van der Waals surface area contributed by atoms with Gasteiger partial charge >= 0.3 is 5.97 Å². The Bertz CT molecular complexity index is 604. The molecule has 4 nitrogen and oxygen atoms in total. The molecule has 0 aliphatic rings. The van der Waals surface area contributed by atoms with Crippen LogP contribution in [0, 0.1) is 6.92 Å². The van der Waals surface area contributed by atoms with Gasteiger partial charge in [-0.25, -0.2) is 4.98 Å². The zero-order chi connectivity index (χ0) is 13.1. The molecule has 94 valence electrons. The summed E-state index contributed by atoms with van der Waals surface area (Å²) in [6.07, 6.45) is 1.79. The first-order chi connectivity index (χ1) is 8.63. The van der Waals surface area contributed by atoms with Crippen molar-refractivity contribution in [1.82, 2.24) is 9.55 Å². The van der Waals surface area contributed by atoms with Crippen LogP contribution in [0.5, 0.6) is 0 Å². The molecular formula is C13H14N2O2S. The fourth-order valence-electron chi connectivity index (χ4n) is 1.81. The SMILES string of the molecule is C=CCn1c(SCC(=O)O)nc2c(C)cccc21. The van der Waals surface area contributed by atoms with E-state index >= 15 is 0 Å². The highest BCUT2D eigenvalue weighted by molar-refractivity contribution is 7.99. The highest BCUT2D eigenvalue weighted by atomic mass is 32.2. The van der Waals surface area contributed by atoms with Crippen LogP contribution in [0.1, 0.15) is 5.56 Å². The van der Waals surface area contributed by atoms with Crippen LogP contribution in [0.2, 0.25) is 0 Å². The minimum atomic E-state index is -0.839. The number of carboxylic acids is 1. The number of aromatic nitrogens is 2. The molecule has 1 heterocycles.